The van der Waals surface area contributed by atoms with Crippen molar-refractivity contribution in [2.45, 2.75) is 13.0 Å². The highest BCUT2D eigenvalue weighted by Gasteiger charge is 2.20. The Hall–Kier alpha value is -0.335. The third-order valence-electron chi connectivity index (χ3n) is 0.264. The van der Waals surface area contributed by atoms with Crippen LogP contribution in [0, 0.1) is 0 Å². The lowest BCUT2D eigenvalue weighted by Gasteiger charge is -1.94. The molecule has 0 aliphatic carbocycles. The molecular formula is C3H12BF4NO2. The molecule has 0 spiro atoms. The second-order valence-electron chi connectivity index (χ2n) is 1.53. The molecule has 0 aromatic heterocycles. The highest BCUT2D eigenvalue weighted by molar-refractivity contribution is 6.50. The summed E-state index contributed by atoms with van der Waals surface area (Å²) in [6, 6.07) is 0. The van der Waals surface area contributed by atoms with Gasteiger partial charge in [-0.1, -0.05) is 0 Å². The summed E-state index contributed by atoms with van der Waals surface area (Å²) in [7, 11) is -6.00. The lowest BCUT2D eigenvalue weighted by molar-refractivity contribution is 0.110. The molecule has 8 heteroatoms. The molecule has 0 aromatic carbocycles. The van der Waals surface area contributed by atoms with Crippen LogP contribution in [-0.2, 0) is 0 Å². The predicted molar refractivity (Wildman–Crippen MR) is 34.9 cm³/mol. The monoisotopic (exact) mass is 181 g/mol. The maximum absolute atomic E-state index is 9.75. The van der Waals surface area contributed by atoms with Crippen molar-refractivity contribution >= 4 is 7.25 Å². The van der Waals surface area contributed by atoms with E-state index in [0.717, 1.165) is 0 Å². The van der Waals surface area contributed by atoms with Crippen molar-refractivity contribution in [3.8, 4) is 0 Å². The number of quaternary nitrogens is 1. The van der Waals surface area contributed by atoms with Gasteiger partial charge in [-0.3, -0.25) is 0 Å². The zero-order valence-electron chi connectivity index (χ0n) is 6.27. The number of aliphatic hydroxyl groups is 2. The highest BCUT2D eigenvalue weighted by atomic mass is 19.5. The fourth-order valence-corrected chi connectivity index (χ4v) is 0. The zero-order valence-corrected chi connectivity index (χ0v) is 6.27. The van der Waals surface area contributed by atoms with Crippen molar-refractivity contribution in [3.63, 3.8) is 0 Å². The minimum absolute atomic E-state index is 0. The molecule has 72 valence electrons. The van der Waals surface area contributed by atoms with Gasteiger partial charge < -0.3 is 33.6 Å². The predicted octanol–water partition coefficient (Wildman–Crippen LogP) is 1.04. The fraction of sp³-hybridized carbons (Fsp3) is 1.00. The number of hydrogen-bond donors (Lipinski definition) is 3. The second kappa shape index (κ2) is 7.77. The van der Waals surface area contributed by atoms with Crippen LogP contribution in [-0.4, -0.2) is 30.2 Å². The normalized spacial score (nSPS) is 12.3. The zero-order chi connectivity index (χ0) is 8.78. The molecule has 1 atom stereocenters. The van der Waals surface area contributed by atoms with Gasteiger partial charge in [-0.15, -0.1) is 0 Å². The Balaban J connectivity index is -0.000000107. The Labute approximate surface area is 61.7 Å². The van der Waals surface area contributed by atoms with Gasteiger partial charge in [-0.25, -0.2) is 0 Å². The molecule has 0 radical (unpaired) electrons. The standard InChI is InChI=1S/C3H8O2.BF4.H3N/c1-3(5)2-4;2-1(3,4)5;/h3-5H,2H2,1H3;;1H3/q;-1;/p+1. The number of rotatable bonds is 1. The Bertz CT molecular complexity index is 72.2. The molecule has 1 unspecified atom stereocenters. The largest absolute Gasteiger partial charge is 0.673 e. The molecule has 0 aliphatic rings. The van der Waals surface area contributed by atoms with Gasteiger partial charge in [0.1, 0.15) is 0 Å². The second-order valence-corrected chi connectivity index (χ2v) is 1.53. The van der Waals surface area contributed by atoms with Gasteiger partial charge >= 0.3 is 7.25 Å². The molecule has 0 rings (SSSR count). The maximum atomic E-state index is 9.75. The molecule has 0 amide bonds. The Morgan fingerprint density at radius 2 is 1.36 bits per heavy atom. The first-order chi connectivity index (χ1) is 4.27. The SMILES string of the molecule is CC(O)CO.F[B-](F)(F)F.[NH4+]. The van der Waals surface area contributed by atoms with Crippen LogP contribution in [0.3, 0.4) is 0 Å². The molecule has 0 saturated heterocycles. The molecule has 11 heavy (non-hydrogen) atoms. The van der Waals surface area contributed by atoms with Crippen LogP contribution in [0.2, 0.25) is 0 Å². The van der Waals surface area contributed by atoms with Gasteiger partial charge in [0.15, 0.2) is 0 Å². The number of halogens is 4. The third kappa shape index (κ3) is 205. The first-order valence-electron chi connectivity index (χ1n) is 2.43. The third-order valence-corrected chi connectivity index (χ3v) is 0.264. The van der Waals surface area contributed by atoms with E-state index in [9.17, 15) is 17.3 Å². The van der Waals surface area contributed by atoms with Gasteiger partial charge in [0, 0.05) is 0 Å². The van der Waals surface area contributed by atoms with Gasteiger partial charge in [0.2, 0.25) is 0 Å². The fourth-order valence-electron chi connectivity index (χ4n) is 0. The molecule has 0 aromatic rings. The van der Waals surface area contributed by atoms with Gasteiger partial charge in [0.25, 0.3) is 0 Å². The summed E-state index contributed by atoms with van der Waals surface area (Å²) in [5, 5.41) is 16.0. The molecule has 3 nitrogen and oxygen atoms in total. The van der Waals surface area contributed by atoms with Crippen LogP contribution in [0.1, 0.15) is 6.92 Å². The Morgan fingerprint density at radius 3 is 1.36 bits per heavy atom. The van der Waals surface area contributed by atoms with Crippen LogP contribution in [0.4, 0.5) is 17.3 Å². The summed E-state index contributed by atoms with van der Waals surface area (Å²) in [5.41, 5.74) is 0. The first-order valence-corrected chi connectivity index (χ1v) is 2.43. The molecular weight excluding hydrogens is 169 g/mol. The van der Waals surface area contributed by atoms with Crippen molar-refractivity contribution in [3.05, 3.63) is 0 Å². The van der Waals surface area contributed by atoms with Gasteiger partial charge in [0.05, 0.1) is 12.7 Å². The lowest BCUT2D eigenvalue weighted by Crippen LogP contribution is -2.03. The van der Waals surface area contributed by atoms with E-state index in [1.54, 1.807) is 0 Å². The van der Waals surface area contributed by atoms with Crippen molar-refractivity contribution in [1.82, 2.24) is 6.15 Å². The van der Waals surface area contributed by atoms with Crippen LogP contribution in [0.15, 0.2) is 0 Å². The molecule has 0 saturated carbocycles. The quantitative estimate of drug-likeness (QED) is 0.417. The van der Waals surface area contributed by atoms with Gasteiger partial charge in [-0.05, 0) is 6.92 Å². The van der Waals surface area contributed by atoms with Crippen molar-refractivity contribution in [2.75, 3.05) is 6.61 Å². The van der Waals surface area contributed by atoms with Crippen LogP contribution >= 0.6 is 0 Å². The lowest BCUT2D eigenvalue weighted by atomic mass is 10.3. The summed E-state index contributed by atoms with van der Waals surface area (Å²) in [6.07, 6.45) is -0.560. The van der Waals surface area contributed by atoms with E-state index < -0.39 is 13.4 Å². The number of hydrogen-bond acceptors (Lipinski definition) is 2. The minimum Gasteiger partial charge on any atom is -0.418 e. The molecule has 0 aliphatic heterocycles. The summed E-state index contributed by atoms with van der Waals surface area (Å²) in [4.78, 5) is 0. The highest BCUT2D eigenvalue weighted by Crippen LogP contribution is 2.06. The molecule has 0 bridgehead atoms. The summed E-state index contributed by atoms with van der Waals surface area (Å²) in [5.74, 6) is 0. The summed E-state index contributed by atoms with van der Waals surface area (Å²) < 4.78 is 39.0. The van der Waals surface area contributed by atoms with Crippen LogP contribution in [0.25, 0.3) is 0 Å². The molecule has 6 N–H and O–H groups in total. The average Bonchev–Trinajstić information content (AvgIpc) is 1.61. The van der Waals surface area contributed by atoms with Crippen molar-refractivity contribution < 1.29 is 27.5 Å². The average molecular weight is 181 g/mol. The first kappa shape index (κ1) is 17.0. The van der Waals surface area contributed by atoms with Crippen molar-refractivity contribution in [1.29, 1.82) is 0 Å². The van der Waals surface area contributed by atoms with Crippen molar-refractivity contribution in [2.24, 2.45) is 0 Å². The van der Waals surface area contributed by atoms with Crippen LogP contribution in [0.5, 0.6) is 0 Å². The summed E-state index contributed by atoms with van der Waals surface area (Å²) in [6.45, 7) is 1.39. The topological polar surface area (TPSA) is 77.0 Å². The maximum Gasteiger partial charge on any atom is 0.673 e. The van der Waals surface area contributed by atoms with E-state index in [4.69, 9.17) is 10.2 Å². The van der Waals surface area contributed by atoms with E-state index in [-0.39, 0.29) is 12.8 Å². The van der Waals surface area contributed by atoms with E-state index in [1.807, 2.05) is 0 Å². The Kier molecular flexibility index (Phi) is 12.0. The van der Waals surface area contributed by atoms with E-state index in [2.05, 4.69) is 0 Å². The van der Waals surface area contributed by atoms with E-state index in [1.165, 1.54) is 6.92 Å². The van der Waals surface area contributed by atoms with Gasteiger partial charge in [-0.2, -0.15) is 0 Å². The molecule has 0 heterocycles. The van der Waals surface area contributed by atoms with Crippen LogP contribution < -0.4 is 6.15 Å². The summed E-state index contributed by atoms with van der Waals surface area (Å²) >= 11 is 0. The minimum atomic E-state index is -6.00. The number of aliphatic hydroxyl groups excluding tert-OH is 2. The Morgan fingerprint density at radius 1 is 1.27 bits per heavy atom. The van der Waals surface area contributed by atoms with E-state index >= 15 is 0 Å². The smallest absolute Gasteiger partial charge is 0.418 e. The van der Waals surface area contributed by atoms with E-state index in [0.29, 0.717) is 0 Å². The molecule has 0 fully saturated rings.